The highest BCUT2D eigenvalue weighted by molar-refractivity contribution is 5.43. The zero-order valence-corrected chi connectivity index (χ0v) is 9.80. The van der Waals surface area contributed by atoms with Crippen LogP contribution in [0.2, 0.25) is 0 Å². The number of hydrogen-bond acceptors (Lipinski definition) is 0. The first kappa shape index (κ1) is 10.3. The molecule has 2 rings (SSSR count). The van der Waals surface area contributed by atoms with Crippen LogP contribution in [0, 0.1) is 12.3 Å². The maximum Gasteiger partial charge on any atom is 0.0561 e. The van der Waals surface area contributed by atoms with Crippen molar-refractivity contribution in [1.29, 1.82) is 0 Å². The van der Waals surface area contributed by atoms with Crippen molar-refractivity contribution in [2.24, 2.45) is 0 Å². The fraction of sp³-hybridized carbons (Fsp3) is 0.467. The molecule has 78 valence electrons. The van der Waals surface area contributed by atoms with E-state index in [1.807, 2.05) is 0 Å². The van der Waals surface area contributed by atoms with E-state index in [4.69, 9.17) is 6.42 Å². The Morgan fingerprint density at radius 3 is 2.40 bits per heavy atom. The van der Waals surface area contributed by atoms with Crippen LogP contribution in [0.5, 0.6) is 0 Å². The molecule has 1 aromatic rings. The Bertz CT molecular complexity index is 408. The predicted octanol–water partition coefficient (Wildman–Crippen LogP) is 3.65. The molecule has 0 heteroatoms. The van der Waals surface area contributed by atoms with Crippen LogP contribution in [-0.4, -0.2) is 0 Å². The molecule has 1 aliphatic rings. The largest absolute Gasteiger partial charge is 0.119 e. The van der Waals surface area contributed by atoms with Gasteiger partial charge in [0.05, 0.1) is 5.41 Å². The second-order valence-corrected chi connectivity index (χ2v) is 5.56. The summed E-state index contributed by atoms with van der Waals surface area (Å²) in [5.74, 6) is 2.95. The summed E-state index contributed by atoms with van der Waals surface area (Å²) in [6.07, 6.45) is 7.91. The maximum atomic E-state index is 5.61. The van der Waals surface area contributed by atoms with Gasteiger partial charge in [0.25, 0.3) is 0 Å². The Hall–Kier alpha value is -1.22. The molecule has 0 aliphatic heterocycles. The van der Waals surface area contributed by atoms with Crippen molar-refractivity contribution in [3.05, 3.63) is 35.4 Å². The predicted molar refractivity (Wildman–Crippen MR) is 64.9 cm³/mol. The maximum absolute atomic E-state index is 5.61. The molecule has 1 aliphatic carbocycles. The lowest BCUT2D eigenvalue weighted by molar-refractivity contribution is 0.588. The lowest BCUT2D eigenvalue weighted by Crippen LogP contribution is -2.13. The Kier molecular flexibility index (Phi) is 2.15. The van der Waals surface area contributed by atoms with Crippen LogP contribution in [-0.2, 0) is 10.8 Å². The van der Waals surface area contributed by atoms with Crippen molar-refractivity contribution < 1.29 is 0 Å². The molecular formula is C15H18. The van der Waals surface area contributed by atoms with Crippen molar-refractivity contribution in [2.45, 2.75) is 44.4 Å². The van der Waals surface area contributed by atoms with Gasteiger partial charge in [-0.05, 0) is 29.4 Å². The zero-order valence-electron chi connectivity index (χ0n) is 9.80. The summed E-state index contributed by atoms with van der Waals surface area (Å²) in [5.41, 5.74) is 2.99. The first-order valence-electron chi connectivity index (χ1n) is 5.57. The molecular weight excluding hydrogens is 180 g/mol. The van der Waals surface area contributed by atoms with Crippen molar-refractivity contribution in [1.82, 2.24) is 0 Å². The van der Waals surface area contributed by atoms with Crippen molar-refractivity contribution in [3.8, 4) is 12.3 Å². The normalized spacial score (nSPS) is 18.3. The van der Waals surface area contributed by atoms with Crippen molar-refractivity contribution in [2.75, 3.05) is 0 Å². The monoisotopic (exact) mass is 198 g/mol. The Morgan fingerprint density at radius 1 is 1.27 bits per heavy atom. The van der Waals surface area contributed by atoms with Crippen LogP contribution in [0.3, 0.4) is 0 Å². The van der Waals surface area contributed by atoms with Crippen LogP contribution in [0.1, 0.15) is 44.7 Å². The summed E-state index contributed by atoms with van der Waals surface area (Å²) in [7, 11) is 0. The number of rotatable bonds is 1. The first-order valence-corrected chi connectivity index (χ1v) is 5.57. The van der Waals surface area contributed by atoms with E-state index in [0.717, 1.165) is 12.8 Å². The van der Waals surface area contributed by atoms with Crippen LogP contribution < -0.4 is 0 Å². The van der Waals surface area contributed by atoms with E-state index in [2.05, 4.69) is 51.0 Å². The van der Waals surface area contributed by atoms with E-state index in [-0.39, 0.29) is 10.8 Å². The van der Waals surface area contributed by atoms with E-state index in [1.54, 1.807) is 0 Å². The molecule has 0 aromatic heterocycles. The smallest absolute Gasteiger partial charge is 0.0561 e. The molecule has 0 bridgehead atoms. The molecule has 0 radical (unpaired) electrons. The fourth-order valence-electron chi connectivity index (χ4n) is 1.92. The minimum atomic E-state index is 0.0707. The molecule has 0 atom stereocenters. The number of hydrogen-bond donors (Lipinski definition) is 0. The third kappa shape index (κ3) is 1.79. The highest BCUT2D eigenvalue weighted by Gasteiger charge is 2.42. The van der Waals surface area contributed by atoms with Gasteiger partial charge >= 0.3 is 0 Å². The van der Waals surface area contributed by atoms with E-state index >= 15 is 0 Å². The molecule has 0 heterocycles. The molecule has 1 saturated carbocycles. The van der Waals surface area contributed by atoms with Crippen LogP contribution in [0.25, 0.3) is 0 Å². The zero-order chi connectivity index (χ0) is 11.1. The summed E-state index contributed by atoms with van der Waals surface area (Å²) in [4.78, 5) is 0. The minimum Gasteiger partial charge on any atom is -0.119 e. The lowest BCUT2D eigenvalue weighted by Gasteiger charge is -2.21. The summed E-state index contributed by atoms with van der Waals surface area (Å²) in [6, 6.07) is 8.78. The Labute approximate surface area is 92.7 Å². The number of terminal acetylenes is 1. The molecule has 0 nitrogen and oxygen atoms in total. The van der Waals surface area contributed by atoms with Gasteiger partial charge < -0.3 is 0 Å². The molecule has 0 saturated heterocycles. The van der Waals surface area contributed by atoms with Gasteiger partial charge in [0.15, 0.2) is 0 Å². The van der Waals surface area contributed by atoms with Gasteiger partial charge in [-0.2, -0.15) is 0 Å². The highest BCUT2D eigenvalue weighted by atomic mass is 14.4. The molecule has 0 amide bonds. The standard InChI is InChI=1S/C15H18/c1-5-15(9-10-15)13-8-6-7-12(11-13)14(2,3)4/h1,6-8,11H,9-10H2,2-4H3. The second-order valence-electron chi connectivity index (χ2n) is 5.56. The van der Waals surface area contributed by atoms with E-state index in [0.29, 0.717) is 0 Å². The molecule has 1 fully saturated rings. The van der Waals surface area contributed by atoms with Gasteiger partial charge in [-0.25, -0.2) is 0 Å². The minimum absolute atomic E-state index is 0.0707. The Balaban J connectivity index is 2.41. The molecule has 0 unspecified atom stereocenters. The SMILES string of the molecule is C#CC1(c2cccc(C(C)(C)C)c2)CC1. The summed E-state index contributed by atoms with van der Waals surface area (Å²) >= 11 is 0. The van der Waals surface area contributed by atoms with Gasteiger partial charge in [-0.1, -0.05) is 51.0 Å². The van der Waals surface area contributed by atoms with Crippen LogP contribution in [0.4, 0.5) is 0 Å². The quantitative estimate of drug-likeness (QED) is 0.604. The van der Waals surface area contributed by atoms with Crippen LogP contribution >= 0.6 is 0 Å². The van der Waals surface area contributed by atoms with E-state index < -0.39 is 0 Å². The Morgan fingerprint density at radius 2 is 1.93 bits per heavy atom. The van der Waals surface area contributed by atoms with Gasteiger partial charge in [0.1, 0.15) is 0 Å². The van der Waals surface area contributed by atoms with Gasteiger partial charge in [0.2, 0.25) is 0 Å². The average Bonchev–Trinajstić information content (AvgIpc) is 2.97. The first-order chi connectivity index (χ1) is 6.98. The van der Waals surface area contributed by atoms with Gasteiger partial charge in [-0.3, -0.25) is 0 Å². The van der Waals surface area contributed by atoms with Crippen molar-refractivity contribution >= 4 is 0 Å². The second kappa shape index (κ2) is 3.14. The van der Waals surface area contributed by atoms with Crippen LogP contribution in [0.15, 0.2) is 24.3 Å². The lowest BCUT2D eigenvalue weighted by atomic mass is 9.84. The van der Waals surface area contributed by atoms with Crippen molar-refractivity contribution in [3.63, 3.8) is 0 Å². The molecule has 1 aromatic carbocycles. The topological polar surface area (TPSA) is 0 Å². The van der Waals surface area contributed by atoms with Gasteiger partial charge in [-0.15, -0.1) is 6.42 Å². The average molecular weight is 198 g/mol. The third-order valence-electron chi connectivity index (χ3n) is 3.31. The van der Waals surface area contributed by atoms with E-state index in [9.17, 15) is 0 Å². The fourth-order valence-corrected chi connectivity index (χ4v) is 1.92. The molecule has 15 heavy (non-hydrogen) atoms. The summed E-state index contributed by atoms with van der Waals surface area (Å²) < 4.78 is 0. The van der Waals surface area contributed by atoms with E-state index in [1.165, 1.54) is 11.1 Å². The van der Waals surface area contributed by atoms with Gasteiger partial charge in [0, 0.05) is 0 Å². The molecule has 0 spiro atoms. The summed E-state index contributed by atoms with van der Waals surface area (Å²) in [5, 5.41) is 0. The highest BCUT2D eigenvalue weighted by Crippen LogP contribution is 2.48. The number of benzene rings is 1. The summed E-state index contributed by atoms with van der Waals surface area (Å²) in [6.45, 7) is 6.71. The molecule has 0 N–H and O–H groups in total. The third-order valence-corrected chi connectivity index (χ3v) is 3.31.